The van der Waals surface area contributed by atoms with Crippen LogP contribution in [0.3, 0.4) is 0 Å². The van der Waals surface area contributed by atoms with Crippen molar-refractivity contribution in [3.63, 3.8) is 0 Å². The molecule has 4 aromatic rings. The van der Waals surface area contributed by atoms with E-state index in [4.69, 9.17) is 21.1 Å². The van der Waals surface area contributed by atoms with Crippen LogP contribution in [0, 0.1) is 0 Å². The Morgan fingerprint density at radius 2 is 1.53 bits per heavy atom. The second-order valence-corrected chi connectivity index (χ2v) is 8.43. The molecule has 0 N–H and O–H groups in total. The third-order valence-electron chi connectivity index (χ3n) is 4.98. The van der Waals surface area contributed by atoms with Crippen molar-refractivity contribution in [2.45, 2.75) is 0 Å². The lowest BCUT2D eigenvalue weighted by atomic mass is 10.1. The van der Waals surface area contributed by atoms with Crippen molar-refractivity contribution in [1.29, 1.82) is 0 Å². The van der Waals surface area contributed by atoms with Crippen LogP contribution in [-0.2, 0) is 7.05 Å². The van der Waals surface area contributed by atoms with Crippen molar-refractivity contribution in [3.05, 3.63) is 88.2 Å². The maximum Gasteiger partial charge on any atom is 0.279 e. The number of aromatic nitrogens is 1. The fourth-order valence-electron chi connectivity index (χ4n) is 3.35. The molecule has 32 heavy (non-hydrogen) atoms. The summed E-state index contributed by atoms with van der Waals surface area (Å²) in [5.41, 5.74) is 3.40. The minimum absolute atomic E-state index is 0.374. The first-order valence-corrected chi connectivity index (χ1v) is 11.0. The van der Waals surface area contributed by atoms with Gasteiger partial charge in [-0.05, 0) is 35.4 Å². The average Bonchev–Trinajstić information content (AvgIpc) is 3.15. The molecular weight excluding hydrogens is 444 g/mol. The van der Waals surface area contributed by atoms with Gasteiger partial charge in [-0.1, -0.05) is 65.4 Å². The maximum atomic E-state index is 13.0. The van der Waals surface area contributed by atoms with Gasteiger partial charge in [0.2, 0.25) is 0 Å². The molecule has 162 valence electrons. The van der Waals surface area contributed by atoms with E-state index >= 15 is 0 Å². The first-order valence-electron chi connectivity index (χ1n) is 9.83. The molecule has 0 saturated heterocycles. The molecule has 0 aliphatic rings. The minimum atomic E-state index is -0.374. The van der Waals surface area contributed by atoms with Crippen molar-refractivity contribution in [1.82, 2.24) is 4.57 Å². The maximum absolute atomic E-state index is 13.0. The number of rotatable bonds is 5. The van der Waals surface area contributed by atoms with Crippen LogP contribution in [0.4, 0.5) is 0 Å². The molecule has 1 heterocycles. The molecule has 0 radical (unpaired) electrons. The van der Waals surface area contributed by atoms with E-state index in [1.54, 1.807) is 32.4 Å². The monoisotopic (exact) mass is 464 g/mol. The van der Waals surface area contributed by atoms with Crippen molar-refractivity contribution in [3.8, 4) is 33.2 Å². The fourth-order valence-corrected chi connectivity index (χ4v) is 4.62. The van der Waals surface area contributed by atoms with Crippen LogP contribution in [0.15, 0.2) is 77.8 Å². The number of amides is 1. The molecule has 0 spiro atoms. The molecule has 0 aliphatic carbocycles. The molecule has 4 rings (SSSR count). The Kier molecular flexibility index (Phi) is 6.44. The highest BCUT2D eigenvalue weighted by molar-refractivity contribution is 7.13. The summed E-state index contributed by atoms with van der Waals surface area (Å²) in [6.45, 7) is 0. The summed E-state index contributed by atoms with van der Waals surface area (Å²) in [6, 6.07) is 22.7. The number of halogens is 1. The number of hydrogen-bond acceptors (Lipinski definition) is 4. The average molecular weight is 465 g/mol. The Labute approximate surface area is 195 Å². The van der Waals surface area contributed by atoms with Gasteiger partial charge in [0, 0.05) is 23.7 Å². The molecule has 7 heteroatoms. The van der Waals surface area contributed by atoms with Crippen LogP contribution in [0.2, 0.25) is 5.02 Å². The van der Waals surface area contributed by atoms with Crippen molar-refractivity contribution >= 4 is 28.8 Å². The van der Waals surface area contributed by atoms with Gasteiger partial charge in [0.15, 0.2) is 4.80 Å². The number of nitrogens with zero attached hydrogens (tertiary/aromatic N) is 2. The van der Waals surface area contributed by atoms with E-state index < -0.39 is 0 Å². The number of thiazole rings is 1. The van der Waals surface area contributed by atoms with Crippen molar-refractivity contribution < 1.29 is 14.3 Å². The van der Waals surface area contributed by atoms with E-state index in [2.05, 4.69) is 4.99 Å². The van der Waals surface area contributed by atoms with Crippen LogP contribution in [-0.4, -0.2) is 24.7 Å². The number of carbonyl (C=O) groups excluding carboxylic acids is 1. The summed E-state index contributed by atoms with van der Waals surface area (Å²) in [7, 11) is 5.00. The molecule has 3 aromatic carbocycles. The van der Waals surface area contributed by atoms with E-state index in [1.807, 2.05) is 66.2 Å². The molecule has 0 fully saturated rings. The molecule has 0 saturated carbocycles. The summed E-state index contributed by atoms with van der Waals surface area (Å²) in [5.74, 6) is 0.692. The summed E-state index contributed by atoms with van der Waals surface area (Å²) in [5, 5.41) is 0.667. The second-order valence-electron chi connectivity index (χ2n) is 7.01. The molecule has 0 bridgehead atoms. The van der Waals surface area contributed by atoms with Gasteiger partial charge in [0.1, 0.15) is 11.5 Å². The molecule has 1 amide bonds. The van der Waals surface area contributed by atoms with Gasteiger partial charge in [-0.2, -0.15) is 4.99 Å². The van der Waals surface area contributed by atoms with Gasteiger partial charge < -0.3 is 14.0 Å². The quantitative estimate of drug-likeness (QED) is 0.373. The standard InChI is InChI=1S/C25H21ClN2O3S/c1-28-22(16-9-11-19(26)12-10-16)23(17-7-5-4-6-8-17)32-25(28)27-24(29)18-13-20(30-2)15-21(14-18)31-3/h4-15H,1-3H3. The number of benzene rings is 3. The molecule has 0 unspecified atom stereocenters. The largest absolute Gasteiger partial charge is 0.497 e. The number of methoxy groups -OCH3 is 2. The zero-order valence-electron chi connectivity index (χ0n) is 17.8. The lowest BCUT2D eigenvalue weighted by Gasteiger charge is -2.08. The van der Waals surface area contributed by atoms with Crippen LogP contribution in [0.5, 0.6) is 11.5 Å². The van der Waals surface area contributed by atoms with Crippen LogP contribution < -0.4 is 14.3 Å². The Morgan fingerprint density at radius 1 is 0.906 bits per heavy atom. The Balaban J connectivity index is 1.88. The number of carbonyl (C=O) groups is 1. The van der Waals surface area contributed by atoms with Crippen LogP contribution in [0.1, 0.15) is 10.4 Å². The minimum Gasteiger partial charge on any atom is -0.497 e. The molecule has 5 nitrogen and oxygen atoms in total. The van der Waals surface area contributed by atoms with Gasteiger partial charge >= 0.3 is 0 Å². The molecule has 0 atom stereocenters. The summed E-state index contributed by atoms with van der Waals surface area (Å²) in [6.07, 6.45) is 0. The predicted octanol–water partition coefficient (Wildman–Crippen LogP) is 5.83. The zero-order valence-corrected chi connectivity index (χ0v) is 19.4. The Hall–Kier alpha value is -3.35. The van der Waals surface area contributed by atoms with Crippen LogP contribution >= 0.6 is 22.9 Å². The van der Waals surface area contributed by atoms with E-state index in [9.17, 15) is 4.79 Å². The third kappa shape index (κ3) is 4.47. The van der Waals surface area contributed by atoms with Gasteiger partial charge in [0.05, 0.1) is 24.8 Å². The first kappa shape index (κ1) is 21.9. The second kappa shape index (κ2) is 9.42. The molecular formula is C25H21ClN2O3S. The van der Waals surface area contributed by atoms with Gasteiger partial charge in [-0.25, -0.2) is 0 Å². The SMILES string of the molecule is COc1cc(OC)cc(C(=O)N=c2sc(-c3ccccc3)c(-c3ccc(Cl)cc3)n2C)c1. The van der Waals surface area contributed by atoms with E-state index in [0.29, 0.717) is 26.9 Å². The highest BCUT2D eigenvalue weighted by atomic mass is 35.5. The predicted molar refractivity (Wildman–Crippen MR) is 129 cm³/mol. The highest BCUT2D eigenvalue weighted by Crippen LogP contribution is 2.34. The lowest BCUT2D eigenvalue weighted by molar-refractivity contribution is 0.0997. The number of hydrogen-bond donors (Lipinski definition) is 0. The number of ether oxygens (including phenoxy) is 2. The smallest absolute Gasteiger partial charge is 0.279 e. The summed E-state index contributed by atoms with van der Waals surface area (Å²) >= 11 is 7.56. The highest BCUT2D eigenvalue weighted by Gasteiger charge is 2.17. The molecule has 1 aromatic heterocycles. The Morgan fingerprint density at radius 3 is 2.12 bits per heavy atom. The third-order valence-corrected chi connectivity index (χ3v) is 6.41. The van der Waals surface area contributed by atoms with E-state index in [0.717, 1.165) is 21.7 Å². The lowest BCUT2D eigenvalue weighted by Crippen LogP contribution is -2.14. The fraction of sp³-hybridized carbons (Fsp3) is 0.120. The Bertz CT molecular complexity index is 1300. The zero-order chi connectivity index (χ0) is 22.7. The van der Waals surface area contributed by atoms with Crippen LogP contribution in [0.25, 0.3) is 21.7 Å². The molecule has 0 aliphatic heterocycles. The van der Waals surface area contributed by atoms with Gasteiger partial charge in [-0.3, -0.25) is 4.79 Å². The summed E-state index contributed by atoms with van der Waals surface area (Å²) < 4.78 is 12.5. The summed E-state index contributed by atoms with van der Waals surface area (Å²) in [4.78, 5) is 19.1. The first-order chi connectivity index (χ1) is 15.5. The van der Waals surface area contributed by atoms with Gasteiger partial charge in [-0.15, -0.1) is 0 Å². The normalized spacial score (nSPS) is 11.4. The van der Waals surface area contributed by atoms with E-state index in [1.165, 1.54) is 11.3 Å². The topological polar surface area (TPSA) is 52.8 Å². The van der Waals surface area contributed by atoms with Crippen molar-refractivity contribution in [2.24, 2.45) is 12.0 Å². The van der Waals surface area contributed by atoms with Crippen molar-refractivity contribution in [2.75, 3.05) is 14.2 Å². The van der Waals surface area contributed by atoms with E-state index in [-0.39, 0.29) is 5.91 Å². The van der Waals surface area contributed by atoms with Gasteiger partial charge in [0.25, 0.3) is 5.91 Å².